The lowest BCUT2D eigenvalue weighted by Gasteiger charge is -2.00. The Morgan fingerprint density at radius 2 is 2.08 bits per heavy atom. The minimum atomic E-state index is 0.938. The lowest BCUT2D eigenvalue weighted by molar-refractivity contribution is 1.36. The monoisotopic (exact) mass is 172 g/mol. The molecule has 0 aliphatic rings. The highest BCUT2D eigenvalue weighted by atomic mass is 14.0. The second kappa shape index (κ2) is 4.66. The molecular formula is C13H16. The minimum absolute atomic E-state index is 0.938. The maximum atomic E-state index is 3.68. The molecular weight excluding hydrogens is 156 g/mol. The van der Waals surface area contributed by atoms with Gasteiger partial charge in [-0.3, -0.25) is 0 Å². The molecule has 0 bridgehead atoms. The number of benzene rings is 1. The van der Waals surface area contributed by atoms with E-state index >= 15 is 0 Å². The van der Waals surface area contributed by atoms with Crippen LogP contribution < -0.4 is 0 Å². The number of hydrogen-bond donors (Lipinski definition) is 0. The van der Waals surface area contributed by atoms with Gasteiger partial charge in [0, 0.05) is 0 Å². The summed E-state index contributed by atoms with van der Waals surface area (Å²) in [6, 6.07) is 6.50. The van der Waals surface area contributed by atoms with Crippen LogP contribution in [0.5, 0.6) is 0 Å². The van der Waals surface area contributed by atoms with Crippen molar-refractivity contribution in [3.8, 4) is 0 Å². The molecule has 68 valence electrons. The Hall–Kier alpha value is -1.30. The number of hydrogen-bond acceptors (Lipinski definition) is 0. The van der Waals surface area contributed by atoms with Crippen LogP contribution in [0.1, 0.15) is 23.1 Å². The normalized spacial score (nSPS) is 10.6. The molecule has 0 spiro atoms. The van der Waals surface area contributed by atoms with Gasteiger partial charge in [0.15, 0.2) is 0 Å². The van der Waals surface area contributed by atoms with Gasteiger partial charge in [0.05, 0.1) is 0 Å². The van der Waals surface area contributed by atoms with E-state index in [0.29, 0.717) is 0 Å². The maximum absolute atomic E-state index is 3.68. The largest absolute Gasteiger partial charge is 0.103 e. The van der Waals surface area contributed by atoms with Gasteiger partial charge in [-0.1, -0.05) is 42.0 Å². The third-order valence-corrected chi connectivity index (χ3v) is 2.03. The predicted molar refractivity (Wildman–Crippen MR) is 59.8 cm³/mol. The first-order chi connectivity index (χ1) is 6.24. The van der Waals surface area contributed by atoms with Crippen LogP contribution in [-0.2, 0) is 0 Å². The van der Waals surface area contributed by atoms with E-state index in [9.17, 15) is 0 Å². The molecule has 0 aliphatic carbocycles. The zero-order chi connectivity index (χ0) is 9.68. The molecule has 0 radical (unpaired) electrons. The third-order valence-electron chi connectivity index (χ3n) is 2.03. The molecule has 0 saturated heterocycles. The summed E-state index contributed by atoms with van der Waals surface area (Å²) in [4.78, 5) is 0. The van der Waals surface area contributed by atoms with Crippen molar-refractivity contribution >= 4 is 6.08 Å². The third kappa shape index (κ3) is 2.90. The molecule has 1 aromatic rings. The number of allylic oxidation sites excluding steroid dienone is 2. The molecule has 0 aliphatic heterocycles. The second-order valence-electron chi connectivity index (χ2n) is 3.29. The minimum Gasteiger partial charge on any atom is -0.103 e. The van der Waals surface area contributed by atoms with Gasteiger partial charge in [0.2, 0.25) is 0 Å². The quantitative estimate of drug-likeness (QED) is 0.607. The molecule has 0 nitrogen and oxygen atoms in total. The van der Waals surface area contributed by atoms with Crippen molar-refractivity contribution in [2.75, 3.05) is 0 Å². The summed E-state index contributed by atoms with van der Waals surface area (Å²) in [5.74, 6) is 0. The van der Waals surface area contributed by atoms with Crippen LogP contribution in [0.25, 0.3) is 6.08 Å². The van der Waals surface area contributed by atoms with E-state index < -0.39 is 0 Å². The highest BCUT2D eigenvalue weighted by molar-refractivity contribution is 5.54. The number of aryl methyl sites for hydroxylation is 2. The first-order valence-electron chi connectivity index (χ1n) is 4.58. The molecule has 0 saturated carbocycles. The summed E-state index contributed by atoms with van der Waals surface area (Å²) in [6.45, 7) is 7.93. The standard InChI is InChI=1S/C13H16/c1-4-5-6-7-13-10-11(2)8-9-12(13)3/h4,6-10H,1,5H2,2-3H3. The van der Waals surface area contributed by atoms with Crippen LogP contribution in [0.3, 0.4) is 0 Å². The van der Waals surface area contributed by atoms with Crippen molar-refractivity contribution in [1.29, 1.82) is 0 Å². The fourth-order valence-corrected chi connectivity index (χ4v) is 1.23. The van der Waals surface area contributed by atoms with E-state index in [1.807, 2.05) is 6.08 Å². The van der Waals surface area contributed by atoms with E-state index in [1.54, 1.807) is 0 Å². The molecule has 0 aromatic heterocycles. The van der Waals surface area contributed by atoms with Crippen LogP contribution in [0.15, 0.2) is 36.9 Å². The molecule has 0 unspecified atom stereocenters. The van der Waals surface area contributed by atoms with E-state index in [0.717, 1.165) is 6.42 Å². The van der Waals surface area contributed by atoms with Gasteiger partial charge in [-0.05, 0) is 31.4 Å². The van der Waals surface area contributed by atoms with Crippen molar-refractivity contribution in [3.63, 3.8) is 0 Å². The molecule has 0 heterocycles. The zero-order valence-electron chi connectivity index (χ0n) is 8.38. The van der Waals surface area contributed by atoms with Crippen LogP contribution in [0, 0.1) is 13.8 Å². The van der Waals surface area contributed by atoms with Gasteiger partial charge in [0.25, 0.3) is 0 Å². The molecule has 0 fully saturated rings. The topological polar surface area (TPSA) is 0 Å². The smallest absolute Gasteiger partial charge is 0.0169 e. The van der Waals surface area contributed by atoms with Gasteiger partial charge in [-0.15, -0.1) is 6.58 Å². The molecule has 13 heavy (non-hydrogen) atoms. The molecule has 0 atom stereocenters. The van der Waals surface area contributed by atoms with Crippen molar-refractivity contribution in [2.45, 2.75) is 20.3 Å². The van der Waals surface area contributed by atoms with Crippen LogP contribution >= 0.6 is 0 Å². The van der Waals surface area contributed by atoms with Gasteiger partial charge >= 0.3 is 0 Å². The van der Waals surface area contributed by atoms with Gasteiger partial charge in [0.1, 0.15) is 0 Å². The summed E-state index contributed by atoms with van der Waals surface area (Å²) < 4.78 is 0. The molecule has 0 N–H and O–H groups in total. The van der Waals surface area contributed by atoms with Crippen molar-refractivity contribution in [2.24, 2.45) is 0 Å². The molecule has 1 rings (SSSR count). The Bertz CT molecular complexity index is 319. The lowest BCUT2D eigenvalue weighted by atomic mass is 10.1. The van der Waals surface area contributed by atoms with E-state index in [1.165, 1.54) is 16.7 Å². The average molecular weight is 172 g/mol. The van der Waals surface area contributed by atoms with Crippen molar-refractivity contribution in [3.05, 3.63) is 53.6 Å². The van der Waals surface area contributed by atoms with Crippen LogP contribution in [-0.4, -0.2) is 0 Å². The fourth-order valence-electron chi connectivity index (χ4n) is 1.23. The Balaban J connectivity index is 2.86. The first kappa shape index (κ1) is 9.79. The highest BCUT2D eigenvalue weighted by Crippen LogP contribution is 2.12. The zero-order valence-corrected chi connectivity index (χ0v) is 8.38. The second-order valence-corrected chi connectivity index (χ2v) is 3.29. The summed E-state index contributed by atoms with van der Waals surface area (Å²) in [5.41, 5.74) is 3.94. The van der Waals surface area contributed by atoms with Gasteiger partial charge < -0.3 is 0 Å². The fraction of sp³-hybridized carbons (Fsp3) is 0.231. The summed E-state index contributed by atoms with van der Waals surface area (Å²) in [5, 5.41) is 0. The summed E-state index contributed by atoms with van der Waals surface area (Å²) in [6.07, 6.45) is 7.13. The average Bonchev–Trinajstić information content (AvgIpc) is 2.11. The van der Waals surface area contributed by atoms with Crippen molar-refractivity contribution in [1.82, 2.24) is 0 Å². The Kier molecular flexibility index (Phi) is 3.51. The highest BCUT2D eigenvalue weighted by Gasteiger charge is 1.92. The molecule has 0 heteroatoms. The van der Waals surface area contributed by atoms with Gasteiger partial charge in [-0.2, -0.15) is 0 Å². The lowest BCUT2D eigenvalue weighted by Crippen LogP contribution is -1.81. The predicted octanol–water partition coefficient (Wildman–Crippen LogP) is 3.89. The van der Waals surface area contributed by atoms with E-state index in [-0.39, 0.29) is 0 Å². The Morgan fingerprint density at radius 3 is 2.77 bits per heavy atom. The molecule has 0 amide bonds. The number of rotatable bonds is 3. The molecule has 1 aromatic carbocycles. The first-order valence-corrected chi connectivity index (χ1v) is 4.58. The Morgan fingerprint density at radius 1 is 1.31 bits per heavy atom. The van der Waals surface area contributed by atoms with Crippen molar-refractivity contribution < 1.29 is 0 Å². The van der Waals surface area contributed by atoms with E-state index in [4.69, 9.17) is 0 Å². The van der Waals surface area contributed by atoms with E-state index in [2.05, 4.69) is 50.8 Å². The summed E-state index contributed by atoms with van der Waals surface area (Å²) in [7, 11) is 0. The SMILES string of the molecule is C=CCC=Cc1cc(C)ccc1C. The summed E-state index contributed by atoms with van der Waals surface area (Å²) >= 11 is 0. The van der Waals surface area contributed by atoms with Crippen LogP contribution in [0.4, 0.5) is 0 Å². The van der Waals surface area contributed by atoms with Gasteiger partial charge in [-0.25, -0.2) is 0 Å². The van der Waals surface area contributed by atoms with Crippen LogP contribution in [0.2, 0.25) is 0 Å². The Labute approximate surface area is 80.6 Å². The maximum Gasteiger partial charge on any atom is -0.0169 e.